The third-order valence-electron chi connectivity index (χ3n) is 9.29. The molecule has 9 heteroatoms. The number of amides is 3. The highest BCUT2D eigenvalue weighted by Crippen LogP contribution is 2.66. The first kappa shape index (κ1) is 30.2. The number of aryl methyl sites for hydroxylation is 2. The van der Waals surface area contributed by atoms with Crippen molar-refractivity contribution in [3.63, 3.8) is 0 Å². The minimum absolute atomic E-state index is 0.0773. The van der Waals surface area contributed by atoms with Gasteiger partial charge in [-0.15, -0.1) is 11.8 Å². The monoisotopic (exact) mass is 613 g/mol. The van der Waals surface area contributed by atoms with Crippen molar-refractivity contribution in [2.24, 2.45) is 11.8 Å². The first-order chi connectivity index (χ1) is 21.3. The van der Waals surface area contributed by atoms with Gasteiger partial charge in [-0.05, 0) is 87.1 Å². The average Bonchev–Trinajstić information content (AvgIpc) is 3.67. The van der Waals surface area contributed by atoms with Crippen LogP contribution < -0.4 is 15.4 Å². The molecule has 0 saturated carbocycles. The van der Waals surface area contributed by atoms with Gasteiger partial charge in [0.1, 0.15) is 11.8 Å². The number of benzene rings is 3. The molecule has 0 aromatic heterocycles. The maximum atomic E-state index is 14.6. The fourth-order valence-corrected chi connectivity index (χ4v) is 9.53. The van der Waals surface area contributed by atoms with Gasteiger partial charge in [0.25, 0.3) is 0 Å². The van der Waals surface area contributed by atoms with Crippen LogP contribution in [0.4, 0.5) is 11.4 Å². The van der Waals surface area contributed by atoms with Crippen LogP contribution >= 0.6 is 11.8 Å². The predicted molar refractivity (Wildman–Crippen MR) is 173 cm³/mol. The molecular formula is C35H39N3O5S. The third kappa shape index (κ3) is 5.37. The Morgan fingerprint density at radius 3 is 2.50 bits per heavy atom. The number of likely N-dealkylation sites (tertiary alicyclic amines) is 1. The molecule has 0 aliphatic carbocycles. The van der Waals surface area contributed by atoms with Gasteiger partial charge in [-0.2, -0.15) is 0 Å². The SMILES string of the molecule is CCOc1ccc(NC(=O)[C@@H]2[C@@H]3CCC4(S3)C(C(=O)Nc3cc(C)ccc3C)N([C@@H](CO)Cc3ccccc3)C(=O)[C@H]24)cc1. The van der Waals surface area contributed by atoms with Crippen molar-refractivity contribution in [3.05, 3.63) is 89.5 Å². The summed E-state index contributed by atoms with van der Waals surface area (Å²) in [5, 5.41) is 16.8. The highest BCUT2D eigenvalue weighted by Gasteiger charge is 2.74. The van der Waals surface area contributed by atoms with Crippen molar-refractivity contribution < 1.29 is 24.2 Å². The second-order valence-corrected chi connectivity index (χ2v) is 13.7. The number of hydrogen-bond acceptors (Lipinski definition) is 6. The quantitative estimate of drug-likeness (QED) is 0.298. The number of nitrogens with zero attached hydrogens (tertiary/aromatic N) is 1. The molecule has 6 atom stereocenters. The van der Waals surface area contributed by atoms with Crippen LogP contribution in [-0.4, -0.2) is 63.0 Å². The van der Waals surface area contributed by atoms with E-state index < -0.39 is 28.7 Å². The molecule has 3 aliphatic rings. The number of fused-ring (bicyclic) bond motifs is 1. The number of aliphatic hydroxyl groups is 1. The fraction of sp³-hybridized carbons (Fsp3) is 0.400. The Labute approximate surface area is 262 Å². The Bertz CT molecular complexity index is 1550. The molecule has 3 aromatic carbocycles. The van der Waals surface area contributed by atoms with Crippen LogP contribution in [0.25, 0.3) is 0 Å². The van der Waals surface area contributed by atoms with E-state index in [1.165, 1.54) is 0 Å². The number of hydrogen-bond donors (Lipinski definition) is 3. The third-order valence-corrected chi connectivity index (χ3v) is 11.2. The van der Waals surface area contributed by atoms with Crippen LogP contribution in [0.15, 0.2) is 72.8 Å². The molecule has 0 radical (unpaired) electrons. The predicted octanol–water partition coefficient (Wildman–Crippen LogP) is 4.97. The average molecular weight is 614 g/mol. The topological polar surface area (TPSA) is 108 Å². The van der Waals surface area contributed by atoms with Crippen molar-refractivity contribution in [2.75, 3.05) is 23.8 Å². The summed E-state index contributed by atoms with van der Waals surface area (Å²) in [6.07, 6.45) is 1.78. The van der Waals surface area contributed by atoms with E-state index in [4.69, 9.17) is 4.74 Å². The Morgan fingerprint density at radius 2 is 1.80 bits per heavy atom. The van der Waals surface area contributed by atoms with Crippen molar-refractivity contribution >= 4 is 40.9 Å². The van der Waals surface area contributed by atoms with E-state index >= 15 is 0 Å². The lowest BCUT2D eigenvalue weighted by atomic mass is 9.70. The number of anilines is 2. The van der Waals surface area contributed by atoms with Gasteiger partial charge in [0.15, 0.2) is 0 Å². The number of carbonyl (C=O) groups excluding carboxylic acids is 3. The largest absolute Gasteiger partial charge is 0.494 e. The number of nitrogens with one attached hydrogen (secondary N) is 2. The highest BCUT2D eigenvalue weighted by atomic mass is 32.2. The summed E-state index contributed by atoms with van der Waals surface area (Å²) < 4.78 is 4.76. The van der Waals surface area contributed by atoms with Crippen molar-refractivity contribution in [3.8, 4) is 5.75 Å². The van der Waals surface area contributed by atoms with E-state index in [-0.39, 0.29) is 29.6 Å². The first-order valence-electron chi connectivity index (χ1n) is 15.3. The number of ether oxygens (including phenoxy) is 1. The maximum absolute atomic E-state index is 14.6. The minimum Gasteiger partial charge on any atom is -0.494 e. The van der Waals surface area contributed by atoms with Gasteiger partial charge in [-0.3, -0.25) is 14.4 Å². The molecule has 3 saturated heterocycles. The van der Waals surface area contributed by atoms with Crippen LogP contribution in [0, 0.1) is 25.7 Å². The van der Waals surface area contributed by atoms with Gasteiger partial charge in [0.2, 0.25) is 17.7 Å². The van der Waals surface area contributed by atoms with Gasteiger partial charge < -0.3 is 25.4 Å². The second-order valence-electron chi connectivity index (χ2n) is 12.1. The molecule has 3 N–H and O–H groups in total. The highest BCUT2D eigenvalue weighted by molar-refractivity contribution is 8.02. The molecule has 6 rings (SSSR count). The Morgan fingerprint density at radius 1 is 1.05 bits per heavy atom. The Kier molecular flexibility index (Phi) is 8.44. The summed E-state index contributed by atoms with van der Waals surface area (Å²) in [7, 11) is 0. The van der Waals surface area contributed by atoms with E-state index in [1.54, 1.807) is 28.8 Å². The second kappa shape index (κ2) is 12.3. The molecule has 8 nitrogen and oxygen atoms in total. The van der Waals surface area contributed by atoms with E-state index in [0.717, 1.165) is 23.1 Å². The molecule has 3 amide bonds. The zero-order valence-electron chi connectivity index (χ0n) is 25.3. The first-order valence-corrected chi connectivity index (χ1v) is 16.2. The van der Waals surface area contributed by atoms with Crippen LogP contribution in [0.2, 0.25) is 0 Å². The smallest absolute Gasteiger partial charge is 0.248 e. The molecule has 2 unspecified atom stereocenters. The summed E-state index contributed by atoms with van der Waals surface area (Å²) in [5.41, 5.74) is 4.23. The maximum Gasteiger partial charge on any atom is 0.248 e. The molecule has 3 heterocycles. The lowest BCUT2D eigenvalue weighted by Gasteiger charge is -2.37. The zero-order valence-corrected chi connectivity index (χ0v) is 26.1. The van der Waals surface area contributed by atoms with Gasteiger partial charge in [0, 0.05) is 16.6 Å². The van der Waals surface area contributed by atoms with Crippen LogP contribution in [0.1, 0.15) is 36.5 Å². The van der Waals surface area contributed by atoms with Crippen LogP contribution in [0.5, 0.6) is 5.75 Å². The van der Waals surface area contributed by atoms with Crippen molar-refractivity contribution in [1.82, 2.24) is 4.90 Å². The van der Waals surface area contributed by atoms with Crippen molar-refractivity contribution in [2.45, 2.75) is 62.1 Å². The Hall–Kier alpha value is -3.82. The standard InChI is InChI=1S/C35H39N3O5S/c1-4-43-26-14-12-24(13-15-26)36-32(40)29-28-16-17-35(44-28)30(29)34(42)38(25(20-39)19-23-8-6-5-7-9-23)31(35)33(41)37-27-18-21(2)10-11-22(27)3/h5-15,18,25,28-31,39H,4,16-17,19-20H2,1-3H3,(H,36,40)(H,37,41)/t25-,28+,29-,30+,31?,35?/m1/s1. The Balaban J connectivity index is 1.34. The van der Waals surface area contributed by atoms with Crippen molar-refractivity contribution in [1.29, 1.82) is 0 Å². The number of thioether (sulfide) groups is 1. The number of carbonyl (C=O) groups is 3. The normalized spacial score (nSPS) is 25.9. The van der Waals surface area contributed by atoms with E-state index in [0.29, 0.717) is 36.6 Å². The van der Waals surface area contributed by atoms with Gasteiger partial charge >= 0.3 is 0 Å². The summed E-state index contributed by atoms with van der Waals surface area (Å²) in [4.78, 5) is 44.5. The van der Waals surface area contributed by atoms with Gasteiger partial charge in [-0.25, -0.2) is 0 Å². The molecular weight excluding hydrogens is 574 g/mol. The van der Waals surface area contributed by atoms with E-state index in [9.17, 15) is 19.5 Å². The summed E-state index contributed by atoms with van der Waals surface area (Å²) >= 11 is 1.62. The fourth-order valence-electron chi connectivity index (χ4n) is 7.32. The van der Waals surface area contributed by atoms with Crippen LogP contribution in [-0.2, 0) is 20.8 Å². The summed E-state index contributed by atoms with van der Waals surface area (Å²) in [6.45, 7) is 6.08. The molecule has 230 valence electrons. The van der Waals surface area contributed by atoms with E-state index in [2.05, 4.69) is 10.6 Å². The molecule has 2 bridgehead atoms. The number of rotatable bonds is 10. The van der Waals surface area contributed by atoms with E-state index in [1.807, 2.05) is 81.4 Å². The van der Waals surface area contributed by atoms with Gasteiger partial charge in [0.05, 0.1) is 35.8 Å². The molecule has 3 aromatic rings. The summed E-state index contributed by atoms with van der Waals surface area (Å²) in [6, 6.07) is 21.3. The molecule has 3 fully saturated rings. The molecule has 1 spiro atoms. The lowest BCUT2D eigenvalue weighted by molar-refractivity contribution is -0.141. The zero-order chi connectivity index (χ0) is 31.0. The molecule has 44 heavy (non-hydrogen) atoms. The molecule has 3 aliphatic heterocycles. The lowest BCUT2D eigenvalue weighted by Crippen LogP contribution is -2.55. The summed E-state index contributed by atoms with van der Waals surface area (Å²) in [5.74, 6) is -1.28. The minimum atomic E-state index is -0.834. The number of aliphatic hydroxyl groups excluding tert-OH is 1. The van der Waals surface area contributed by atoms with Gasteiger partial charge in [-0.1, -0.05) is 42.5 Å². The van der Waals surface area contributed by atoms with Crippen LogP contribution in [0.3, 0.4) is 0 Å².